The highest BCUT2D eigenvalue weighted by Gasteiger charge is 2.23. The van der Waals surface area contributed by atoms with Gasteiger partial charge in [-0.3, -0.25) is 0 Å². The molecule has 0 spiro atoms. The Morgan fingerprint density at radius 2 is 1.88 bits per heavy atom. The fourth-order valence-corrected chi connectivity index (χ4v) is 2.92. The summed E-state index contributed by atoms with van der Waals surface area (Å²) in [5.74, 6) is 0. The molecule has 0 saturated carbocycles. The Morgan fingerprint density at radius 1 is 1.31 bits per heavy atom. The van der Waals surface area contributed by atoms with Gasteiger partial charge in [0.15, 0.2) is 0 Å². The Hall–Kier alpha value is -0.170. The standard InChI is InChI=1S/C10H22N2O3S/c1-10(2,12-16(3,13)14)8-11-9-4-6-15-7-5-9/h9,11-12H,4-8H2,1-3H3. The van der Waals surface area contributed by atoms with Crippen LogP contribution in [0.2, 0.25) is 0 Å². The van der Waals surface area contributed by atoms with Crippen molar-refractivity contribution in [1.29, 1.82) is 0 Å². The van der Waals surface area contributed by atoms with E-state index in [9.17, 15) is 8.42 Å². The predicted molar refractivity (Wildman–Crippen MR) is 63.9 cm³/mol. The molecule has 0 bridgehead atoms. The molecule has 2 N–H and O–H groups in total. The number of sulfonamides is 1. The summed E-state index contributed by atoms with van der Waals surface area (Å²) in [5.41, 5.74) is -0.452. The smallest absolute Gasteiger partial charge is 0.209 e. The third-order valence-corrected chi connectivity index (χ3v) is 3.44. The zero-order valence-corrected chi connectivity index (χ0v) is 11.1. The van der Waals surface area contributed by atoms with Gasteiger partial charge in [0.25, 0.3) is 0 Å². The van der Waals surface area contributed by atoms with Crippen molar-refractivity contribution in [3.05, 3.63) is 0 Å². The molecule has 0 aromatic carbocycles. The van der Waals surface area contributed by atoms with E-state index in [0.717, 1.165) is 26.1 Å². The van der Waals surface area contributed by atoms with Gasteiger partial charge in [-0.25, -0.2) is 13.1 Å². The maximum atomic E-state index is 11.1. The fraction of sp³-hybridized carbons (Fsp3) is 1.00. The first-order valence-electron chi connectivity index (χ1n) is 5.59. The quantitative estimate of drug-likeness (QED) is 0.725. The lowest BCUT2D eigenvalue weighted by molar-refractivity contribution is 0.0766. The minimum absolute atomic E-state index is 0.439. The number of hydrogen-bond donors (Lipinski definition) is 2. The van der Waals surface area contributed by atoms with E-state index in [0.29, 0.717) is 12.6 Å². The van der Waals surface area contributed by atoms with Crippen LogP contribution in [-0.4, -0.2) is 46.0 Å². The van der Waals surface area contributed by atoms with Gasteiger partial charge in [0, 0.05) is 31.3 Å². The lowest BCUT2D eigenvalue weighted by atomic mass is 10.0. The molecule has 1 aliphatic rings. The lowest BCUT2D eigenvalue weighted by Gasteiger charge is -2.30. The maximum Gasteiger partial charge on any atom is 0.209 e. The SMILES string of the molecule is CC(C)(CNC1CCOCC1)NS(C)(=O)=O. The van der Waals surface area contributed by atoms with Gasteiger partial charge < -0.3 is 10.1 Å². The molecule has 0 aromatic heterocycles. The van der Waals surface area contributed by atoms with E-state index in [4.69, 9.17) is 4.74 Å². The monoisotopic (exact) mass is 250 g/mol. The van der Waals surface area contributed by atoms with Gasteiger partial charge in [0.05, 0.1) is 6.26 Å². The summed E-state index contributed by atoms with van der Waals surface area (Å²) in [6, 6.07) is 0.439. The summed E-state index contributed by atoms with van der Waals surface area (Å²) in [4.78, 5) is 0. The minimum Gasteiger partial charge on any atom is -0.381 e. The average Bonchev–Trinajstić information content (AvgIpc) is 2.13. The van der Waals surface area contributed by atoms with E-state index in [1.165, 1.54) is 6.26 Å². The summed E-state index contributed by atoms with van der Waals surface area (Å²) in [6.45, 7) is 5.96. The summed E-state index contributed by atoms with van der Waals surface area (Å²) in [7, 11) is -3.15. The van der Waals surface area contributed by atoms with Gasteiger partial charge in [-0.15, -0.1) is 0 Å². The third-order valence-electron chi connectivity index (χ3n) is 2.52. The average molecular weight is 250 g/mol. The zero-order valence-electron chi connectivity index (χ0n) is 10.2. The first-order chi connectivity index (χ1) is 7.29. The van der Waals surface area contributed by atoms with Crippen LogP contribution < -0.4 is 10.0 Å². The van der Waals surface area contributed by atoms with E-state index in [1.54, 1.807) is 0 Å². The Morgan fingerprint density at radius 3 is 2.38 bits per heavy atom. The van der Waals surface area contributed by atoms with Gasteiger partial charge in [-0.2, -0.15) is 0 Å². The Labute approximate surface area is 98.0 Å². The van der Waals surface area contributed by atoms with Crippen molar-refractivity contribution in [3.63, 3.8) is 0 Å². The van der Waals surface area contributed by atoms with Crippen molar-refractivity contribution < 1.29 is 13.2 Å². The van der Waals surface area contributed by atoms with Crippen LogP contribution in [0.25, 0.3) is 0 Å². The second-order valence-corrected chi connectivity index (χ2v) is 6.77. The van der Waals surface area contributed by atoms with Crippen molar-refractivity contribution in [2.45, 2.75) is 38.3 Å². The molecule has 0 aromatic rings. The molecule has 16 heavy (non-hydrogen) atoms. The maximum absolute atomic E-state index is 11.1. The van der Waals surface area contributed by atoms with Gasteiger partial charge >= 0.3 is 0 Å². The molecule has 96 valence electrons. The van der Waals surface area contributed by atoms with Crippen LogP contribution >= 0.6 is 0 Å². The molecule has 1 rings (SSSR count). The molecule has 6 heteroatoms. The lowest BCUT2D eigenvalue weighted by Crippen LogP contribution is -2.52. The second kappa shape index (κ2) is 5.44. The normalized spacial score (nSPS) is 19.9. The Bertz CT molecular complexity index is 308. The van der Waals surface area contributed by atoms with Crippen LogP contribution in [0.5, 0.6) is 0 Å². The molecule has 5 nitrogen and oxygen atoms in total. The summed E-state index contributed by atoms with van der Waals surface area (Å²) < 4.78 is 30.2. The number of nitrogens with one attached hydrogen (secondary N) is 2. The summed E-state index contributed by atoms with van der Waals surface area (Å²) in [6.07, 6.45) is 3.17. The largest absolute Gasteiger partial charge is 0.381 e. The van der Waals surface area contributed by atoms with Crippen LogP contribution in [0.3, 0.4) is 0 Å². The van der Waals surface area contributed by atoms with Crippen LogP contribution in [0.15, 0.2) is 0 Å². The van der Waals surface area contributed by atoms with Gasteiger partial charge in [-0.05, 0) is 26.7 Å². The minimum atomic E-state index is -3.15. The molecule has 1 aliphatic heterocycles. The summed E-state index contributed by atoms with van der Waals surface area (Å²) >= 11 is 0. The molecule has 1 saturated heterocycles. The second-order valence-electron chi connectivity index (χ2n) is 5.03. The van der Waals surface area contributed by atoms with Crippen molar-refractivity contribution in [2.24, 2.45) is 0 Å². The van der Waals surface area contributed by atoms with Gasteiger partial charge in [0.2, 0.25) is 10.0 Å². The number of ether oxygens (including phenoxy) is 1. The molecule has 1 heterocycles. The van der Waals surface area contributed by atoms with E-state index >= 15 is 0 Å². The van der Waals surface area contributed by atoms with Crippen LogP contribution in [-0.2, 0) is 14.8 Å². The Balaban J connectivity index is 2.34. The van der Waals surface area contributed by atoms with E-state index < -0.39 is 15.6 Å². The highest BCUT2D eigenvalue weighted by atomic mass is 32.2. The van der Waals surface area contributed by atoms with E-state index in [2.05, 4.69) is 10.0 Å². The van der Waals surface area contributed by atoms with Crippen LogP contribution in [0.4, 0.5) is 0 Å². The van der Waals surface area contributed by atoms with Gasteiger partial charge in [0.1, 0.15) is 0 Å². The first kappa shape index (κ1) is 13.9. The van der Waals surface area contributed by atoms with Crippen molar-refractivity contribution in [1.82, 2.24) is 10.0 Å². The summed E-state index contributed by atoms with van der Waals surface area (Å²) in [5, 5.41) is 3.38. The highest BCUT2D eigenvalue weighted by molar-refractivity contribution is 7.88. The molecule has 0 aliphatic carbocycles. The van der Waals surface area contributed by atoms with Gasteiger partial charge in [-0.1, -0.05) is 0 Å². The predicted octanol–water partition coefficient (Wildman–Crippen LogP) is 0.0828. The van der Waals surface area contributed by atoms with Crippen LogP contribution in [0.1, 0.15) is 26.7 Å². The van der Waals surface area contributed by atoms with Crippen LogP contribution in [0, 0.1) is 0 Å². The Kier molecular flexibility index (Phi) is 4.73. The molecular weight excluding hydrogens is 228 g/mol. The number of rotatable bonds is 5. The molecule has 0 amide bonds. The molecule has 0 unspecified atom stereocenters. The van der Waals surface area contributed by atoms with E-state index in [1.807, 2.05) is 13.8 Å². The fourth-order valence-electron chi connectivity index (χ4n) is 1.84. The highest BCUT2D eigenvalue weighted by Crippen LogP contribution is 2.08. The number of hydrogen-bond acceptors (Lipinski definition) is 4. The van der Waals surface area contributed by atoms with Crippen molar-refractivity contribution in [3.8, 4) is 0 Å². The topological polar surface area (TPSA) is 67.4 Å². The third kappa shape index (κ3) is 5.79. The molecule has 0 atom stereocenters. The molecule has 1 fully saturated rings. The van der Waals surface area contributed by atoms with E-state index in [-0.39, 0.29) is 0 Å². The first-order valence-corrected chi connectivity index (χ1v) is 7.48. The zero-order chi connectivity index (χ0) is 12.2. The van der Waals surface area contributed by atoms with Crippen molar-refractivity contribution >= 4 is 10.0 Å². The molecule has 0 radical (unpaired) electrons. The molecular formula is C10H22N2O3S. The van der Waals surface area contributed by atoms with Crippen molar-refractivity contribution in [2.75, 3.05) is 26.0 Å².